The maximum absolute atomic E-state index is 5.45. The number of methoxy groups -OCH3 is 1. The van der Waals surface area contributed by atoms with Gasteiger partial charge in [0.15, 0.2) is 0 Å². The molecule has 1 saturated carbocycles. The summed E-state index contributed by atoms with van der Waals surface area (Å²) in [5.41, 5.74) is 0. The predicted molar refractivity (Wildman–Crippen MR) is 66.7 cm³/mol. The molecule has 1 saturated heterocycles. The second-order valence-electron chi connectivity index (χ2n) is 5.26. The Hall–Kier alpha value is -0.120. The first-order valence-corrected chi connectivity index (χ1v) is 6.83. The lowest BCUT2D eigenvalue weighted by Crippen LogP contribution is -2.37. The van der Waals surface area contributed by atoms with Gasteiger partial charge in [-0.05, 0) is 38.6 Å². The topological polar surface area (TPSA) is 24.5 Å². The van der Waals surface area contributed by atoms with Crippen molar-refractivity contribution in [3.05, 3.63) is 0 Å². The first-order valence-electron chi connectivity index (χ1n) is 6.83. The molecule has 0 aromatic rings. The van der Waals surface area contributed by atoms with Gasteiger partial charge in [0.25, 0.3) is 0 Å². The molecule has 0 aromatic carbocycles. The van der Waals surface area contributed by atoms with E-state index in [2.05, 4.69) is 17.1 Å². The van der Waals surface area contributed by atoms with Gasteiger partial charge in [0.2, 0.25) is 0 Å². The van der Waals surface area contributed by atoms with Crippen molar-refractivity contribution >= 4 is 0 Å². The van der Waals surface area contributed by atoms with Crippen LogP contribution in [0.4, 0.5) is 0 Å². The zero-order valence-electron chi connectivity index (χ0n) is 10.7. The number of ether oxygens (including phenoxy) is 1. The molecule has 0 spiro atoms. The smallest absolute Gasteiger partial charge is 0.0586 e. The molecule has 0 radical (unpaired) electrons. The van der Waals surface area contributed by atoms with E-state index >= 15 is 0 Å². The highest BCUT2D eigenvalue weighted by Crippen LogP contribution is 2.28. The Morgan fingerprint density at radius 2 is 2.19 bits per heavy atom. The van der Waals surface area contributed by atoms with Crippen LogP contribution >= 0.6 is 0 Å². The van der Waals surface area contributed by atoms with Crippen LogP contribution in [-0.2, 0) is 4.74 Å². The van der Waals surface area contributed by atoms with Crippen molar-refractivity contribution in [2.75, 3.05) is 26.7 Å². The summed E-state index contributed by atoms with van der Waals surface area (Å²) in [6.07, 6.45) is 6.92. The zero-order valence-corrected chi connectivity index (χ0v) is 10.7. The highest BCUT2D eigenvalue weighted by Gasteiger charge is 2.33. The molecule has 2 rings (SSSR count). The summed E-state index contributed by atoms with van der Waals surface area (Å²) >= 11 is 0. The third kappa shape index (κ3) is 2.96. The fourth-order valence-corrected chi connectivity index (χ4v) is 3.10. The first kappa shape index (κ1) is 12.3. The highest BCUT2D eigenvalue weighted by atomic mass is 16.5. The van der Waals surface area contributed by atoms with Gasteiger partial charge in [-0.3, -0.25) is 4.90 Å². The molecule has 94 valence electrons. The summed E-state index contributed by atoms with van der Waals surface area (Å²) in [6.45, 7) is 5.94. The largest absolute Gasteiger partial charge is 0.381 e. The summed E-state index contributed by atoms with van der Waals surface area (Å²) in [6, 6.07) is 1.53. The van der Waals surface area contributed by atoms with Crippen molar-refractivity contribution in [1.29, 1.82) is 0 Å². The fraction of sp³-hybridized carbons (Fsp3) is 1.00. The van der Waals surface area contributed by atoms with E-state index in [-0.39, 0.29) is 0 Å². The number of hydrogen-bond donors (Lipinski definition) is 1. The van der Waals surface area contributed by atoms with Crippen molar-refractivity contribution in [1.82, 2.24) is 10.2 Å². The molecule has 3 heteroatoms. The van der Waals surface area contributed by atoms with Crippen molar-refractivity contribution < 1.29 is 4.74 Å². The Bertz CT molecular complexity index is 210. The van der Waals surface area contributed by atoms with Crippen LogP contribution in [0.25, 0.3) is 0 Å². The van der Waals surface area contributed by atoms with Crippen LogP contribution in [0.1, 0.15) is 39.0 Å². The number of rotatable bonds is 5. The minimum Gasteiger partial charge on any atom is -0.381 e. The molecule has 3 unspecified atom stereocenters. The summed E-state index contributed by atoms with van der Waals surface area (Å²) < 4.78 is 5.45. The number of hydrogen-bond acceptors (Lipinski definition) is 3. The Morgan fingerprint density at radius 3 is 2.88 bits per heavy atom. The average molecular weight is 226 g/mol. The van der Waals surface area contributed by atoms with E-state index in [1.54, 1.807) is 0 Å². The van der Waals surface area contributed by atoms with Gasteiger partial charge in [-0.25, -0.2) is 0 Å². The van der Waals surface area contributed by atoms with Gasteiger partial charge in [0.05, 0.1) is 6.10 Å². The summed E-state index contributed by atoms with van der Waals surface area (Å²) in [4.78, 5) is 2.67. The second kappa shape index (κ2) is 5.99. The van der Waals surface area contributed by atoms with Crippen LogP contribution in [0.5, 0.6) is 0 Å². The quantitative estimate of drug-likeness (QED) is 0.771. The van der Waals surface area contributed by atoms with Crippen LogP contribution in [0.15, 0.2) is 0 Å². The minimum absolute atomic E-state index is 0.521. The zero-order chi connectivity index (χ0) is 11.4. The van der Waals surface area contributed by atoms with E-state index in [0.717, 1.165) is 12.1 Å². The van der Waals surface area contributed by atoms with Gasteiger partial charge in [-0.1, -0.05) is 6.92 Å². The SMILES string of the molecule is CCCNC1CCN(C2CCC(OC)C2)C1. The molecule has 2 aliphatic rings. The number of nitrogens with one attached hydrogen (secondary N) is 1. The van der Waals surface area contributed by atoms with Gasteiger partial charge in [-0.2, -0.15) is 0 Å². The second-order valence-corrected chi connectivity index (χ2v) is 5.26. The van der Waals surface area contributed by atoms with Gasteiger partial charge in [-0.15, -0.1) is 0 Å². The van der Waals surface area contributed by atoms with Crippen molar-refractivity contribution in [2.24, 2.45) is 0 Å². The number of likely N-dealkylation sites (tertiary alicyclic amines) is 1. The van der Waals surface area contributed by atoms with Crippen LogP contribution in [0, 0.1) is 0 Å². The van der Waals surface area contributed by atoms with Crippen LogP contribution in [0.2, 0.25) is 0 Å². The Morgan fingerprint density at radius 1 is 1.31 bits per heavy atom. The summed E-state index contributed by atoms with van der Waals surface area (Å²) in [5.74, 6) is 0. The third-order valence-corrected chi connectivity index (χ3v) is 4.11. The van der Waals surface area contributed by atoms with Crippen molar-refractivity contribution in [3.63, 3.8) is 0 Å². The maximum Gasteiger partial charge on any atom is 0.0586 e. The van der Waals surface area contributed by atoms with E-state index in [1.165, 1.54) is 51.7 Å². The van der Waals surface area contributed by atoms with Crippen LogP contribution < -0.4 is 5.32 Å². The highest BCUT2D eigenvalue weighted by molar-refractivity contribution is 4.90. The molecule has 1 aliphatic heterocycles. The Kier molecular flexibility index (Phi) is 4.62. The third-order valence-electron chi connectivity index (χ3n) is 4.11. The molecule has 2 fully saturated rings. The van der Waals surface area contributed by atoms with E-state index in [4.69, 9.17) is 4.74 Å². The molecule has 0 aromatic heterocycles. The lowest BCUT2D eigenvalue weighted by atomic mass is 10.2. The predicted octanol–water partition coefficient (Wildman–Crippen LogP) is 1.63. The molecule has 1 aliphatic carbocycles. The van der Waals surface area contributed by atoms with Gasteiger partial charge in [0, 0.05) is 32.3 Å². The van der Waals surface area contributed by atoms with E-state index in [1.807, 2.05) is 7.11 Å². The normalized spacial score (nSPS) is 36.0. The molecule has 3 atom stereocenters. The monoisotopic (exact) mass is 226 g/mol. The van der Waals surface area contributed by atoms with Crippen LogP contribution in [-0.4, -0.2) is 49.8 Å². The van der Waals surface area contributed by atoms with Crippen molar-refractivity contribution in [3.8, 4) is 0 Å². The summed E-state index contributed by atoms with van der Waals surface area (Å²) in [5, 5.41) is 3.64. The van der Waals surface area contributed by atoms with Gasteiger partial charge in [0.1, 0.15) is 0 Å². The Labute approximate surface area is 99.5 Å². The molecular weight excluding hydrogens is 200 g/mol. The molecule has 1 heterocycles. The maximum atomic E-state index is 5.45. The van der Waals surface area contributed by atoms with Crippen LogP contribution in [0.3, 0.4) is 0 Å². The van der Waals surface area contributed by atoms with E-state index in [9.17, 15) is 0 Å². The van der Waals surface area contributed by atoms with Gasteiger partial charge >= 0.3 is 0 Å². The first-order chi connectivity index (χ1) is 7.83. The molecular formula is C13H26N2O. The van der Waals surface area contributed by atoms with E-state index in [0.29, 0.717) is 6.10 Å². The number of nitrogens with zero attached hydrogens (tertiary/aromatic N) is 1. The molecule has 0 bridgehead atoms. The minimum atomic E-state index is 0.521. The lowest BCUT2D eigenvalue weighted by Gasteiger charge is -2.24. The molecule has 0 amide bonds. The summed E-state index contributed by atoms with van der Waals surface area (Å²) in [7, 11) is 1.85. The standard InChI is InChI=1S/C13H26N2O/c1-3-7-14-11-6-8-15(10-11)12-4-5-13(9-12)16-2/h11-14H,3-10H2,1-2H3. The lowest BCUT2D eigenvalue weighted by molar-refractivity contribution is 0.0994. The van der Waals surface area contributed by atoms with E-state index < -0.39 is 0 Å². The Balaban J connectivity index is 1.72. The fourth-order valence-electron chi connectivity index (χ4n) is 3.10. The molecule has 1 N–H and O–H groups in total. The van der Waals surface area contributed by atoms with Crippen molar-refractivity contribution in [2.45, 2.75) is 57.2 Å². The average Bonchev–Trinajstić information content (AvgIpc) is 2.94. The van der Waals surface area contributed by atoms with Gasteiger partial charge < -0.3 is 10.1 Å². The molecule has 16 heavy (non-hydrogen) atoms. The molecule has 3 nitrogen and oxygen atoms in total.